The number of aromatic nitrogens is 5. The molecule has 3 rings (SSSR count). The summed E-state index contributed by atoms with van der Waals surface area (Å²) in [6.45, 7) is 7.29. The number of ether oxygens (including phenoxy) is 3. The molecular formula is C24H39N8O8P. The van der Waals surface area contributed by atoms with Crippen LogP contribution in [0.1, 0.15) is 59.6 Å². The van der Waals surface area contributed by atoms with Crippen LogP contribution >= 0.6 is 7.44 Å². The largest absolute Gasteiger partial charge is 0.465 e. The smallest absolute Gasteiger partial charge is 0.323 e. The fourth-order valence-corrected chi connectivity index (χ4v) is 5.91. The van der Waals surface area contributed by atoms with Gasteiger partial charge in [0.1, 0.15) is 36.7 Å². The zero-order valence-corrected chi connectivity index (χ0v) is 24.4. The molecule has 1 aliphatic heterocycles. The highest BCUT2D eigenvalue weighted by Crippen LogP contribution is 2.41. The number of unbranched alkanes of at least 4 members (excludes halogenated alkanes) is 2. The summed E-state index contributed by atoms with van der Waals surface area (Å²) in [6.07, 6.45) is 0.174. The van der Waals surface area contributed by atoms with Crippen LogP contribution in [0.25, 0.3) is 11.2 Å². The van der Waals surface area contributed by atoms with Crippen LogP contribution in [0.3, 0.4) is 0 Å². The quantitative estimate of drug-likeness (QED) is 0.108. The third-order valence-corrected chi connectivity index (χ3v) is 8.39. The lowest BCUT2D eigenvalue weighted by atomic mass is 10.1. The predicted molar refractivity (Wildman–Crippen MR) is 147 cm³/mol. The maximum Gasteiger partial charge on any atom is 0.323 e. The van der Waals surface area contributed by atoms with Crippen molar-refractivity contribution in [3.8, 4) is 0 Å². The zero-order valence-electron chi connectivity index (χ0n) is 23.5. The van der Waals surface area contributed by atoms with Gasteiger partial charge in [0.2, 0.25) is 7.44 Å². The Labute approximate surface area is 237 Å². The van der Waals surface area contributed by atoms with E-state index in [0.29, 0.717) is 12.8 Å². The van der Waals surface area contributed by atoms with Gasteiger partial charge in [-0.1, -0.05) is 31.9 Å². The minimum absolute atomic E-state index is 0.0773. The lowest BCUT2D eigenvalue weighted by molar-refractivity contribution is -0.145. The topological polar surface area (TPSA) is 226 Å². The SMILES string of the molecule is CCCCOC(=O)[C@H](C)NP(=O)(/C=C/[C@H]1O[C@@H](n2nnc3c(N)ncnc32)C(O)[C@@H]1O)N[C@H](C)C(=O)OCCCC. The molecule has 2 aromatic rings. The van der Waals surface area contributed by atoms with Crippen molar-refractivity contribution in [3.63, 3.8) is 0 Å². The maximum atomic E-state index is 14.0. The molecule has 3 heterocycles. The highest BCUT2D eigenvalue weighted by atomic mass is 31.2. The Kier molecular flexibility index (Phi) is 11.7. The molecule has 0 aliphatic carbocycles. The highest BCUT2D eigenvalue weighted by Gasteiger charge is 2.44. The van der Waals surface area contributed by atoms with Crippen molar-refractivity contribution in [1.82, 2.24) is 35.1 Å². The molecule has 0 spiro atoms. The number of carbonyl (C=O) groups is 2. The van der Waals surface area contributed by atoms with Crippen LogP contribution in [-0.4, -0.2) is 90.7 Å². The van der Waals surface area contributed by atoms with Gasteiger partial charge in [0.05, 0.1) is 13.2 Å². The van der Waals surface area contributed by atoms with Gasteiger partial charge in [0.15, 0.2) is 23.2 Å². The lowest BCUT2D eigenvalue weighted by Gasteiger charge is -2.24. The van der Waals surface area contributed by atoms with Crippen LogP contribution in [0.2, 0.25) is 0 Å². The van der Waals surface area contributed by atoms with Gasteiger partial charge in [0.25, 0.3) is 0 Å². The Morgan fingerprint density at radius 1 is 1.10 bits per heavy atom. The van der Waals surface area contributed by atoms with E-state index in [2.05, 4.69) is 30.5 Å². The molecule has 2 aromatic heterocycles. The number of nitrogen functional groups attached to an aromatic ring is 1. The first-order valence-electron chi connectivity index (χ1n) is 13.5. The minimum Gasteiger partial charge on any atom is -0.465 e. The number of nitrogens with one attached hydrogen (secondary N) is 2. The van der Waals surface area contributed by atoms with Crippen molar-refractivity contribution < 1.29 is 38.6 Å². The predicted octanol–water partition coefficient (Wildman–Crippen LogP) is 0.772. The summed E-state index contributed by atoms with van der Waals surface area (Å²) in [5.41, 5.74) is 6.17. The van der Waals surface area contributed by atoms with Crippen LogP contribution < -0.4 is 15.9 Å². The molecule has 0 radical (unpaired) electrons. The van der Waals surface area contributed by atoms with Gasteiger partial charge in [-0.15, -0.1) is 5.10 Å². The van der Waals surface area contributed by atoms with Crippen LogP contribution in [0.5, 0.6) is 0 Å². The fourth-order valence-electron chi connectivity index (χ4n) is 3.89. The van der Waals surface area contributed by atoms with E-state index in [0.717, 1.165) is 17.5 Å². The van der Waals surface area contributed by atoms with Gasteiger partial charge in [-0.3, -0.25) is 14.2 Å². The van der Waals surface area contributed by atoms with Crippen LogP contribution in [-0.2, 0) is 28.4 Å². The lowest BCUT2D eigenvalue weighted by Crippen LogP contribution is -2.41. The van der Waals surface area contributed by atoms with Crippen LogP contribution in [0, 0.1) is 0 Å². The standard InChI is InChI=1S/C24H39N8O8P/c1-5-7-10-38-23(35)14(3)29-41(37,30-15(4)24(36)39-11-8-6-2)12-9-16-18(33)19(34)22(40-16)32-21-17(28-31-32)20(25)26-13-27-21/h9,12-16,18-19,22,33-34H,5-8,10-11H2,1-4H3,(H2,25,26,27)(H2,29,30,37)/b12-9+/t14-,15+,16-,18-,19?,22-,41?/m1/s1. The molecule has 1 aliphatic rings. The summed E-state index contributed by atoms with van der Waals surface area (Å²) in [6, 6.07) is -2.03. The second-order valence-corrected chi connectivity index (χ2v) is 11.8. The second-order valence-electron chi connectivity index (χ2n) is 9.68. The molecule has 7 atom stereocenters. The van der Waals surface area contributed by atoms with Gasteiger partial charge < -0.3 is 30.2 Å². The summed E-state index contributed by atoms with van der Waals surface area (Å²) >= 11 is 0. The number of fused-ring (bicyclic) bond motifs is 1. The molecule has 1 fully saturated rings. The summed E-state index contributed by atoms with van der Waals surface area (Å²) in [5, 5.41) is 34.7. The molecule has 2 unspecified atom stereocenters. The molecule has 16 nitrogen and oxygen atoms in total. The highest BCUT2D eigenvalue weighted by molar-refractivity contribution is 7.63. The minimum atomic E-state index is -3.87. The Morgan fingerprint density at radius 2 is 1.68 bits per heavy atom. The van der Waals surface area contributed by atoms with E-state index < -0.39 is 56.0 Å². The van der Waals surface area contributed by atoms with Gasteiger partial charge in [-0.05, 0) is 32.8 Å². The maximum absolute atomic E-state index is 14.0. The molecular weight excluding hydrogens is 559 g/mol. The Morgan fingerprint density at radius 3 is 2.24 bits per heavy atom. The molecule has 0 bridgehead atoms. The number of hydrogen-bond acceptors (Lipinski definition) is 13. The number of esters is 2. The Hall–Kier alpha value is -3.01. The van der Waals surface area contributed by atoms with Gasteiger partial charge >= 0.3 is 11.9 Å². The van der Waals surface area contributed by atoms with E-state index >= 15 is 0 Å². The molecule has 41 heavy (non-hydrogen) atoms. The summed E-state index contributed by atoms with van der Waals surface area (Å²) < 4.78 is 31.4. The zero-order chi connectivity index (χ0) is 30.2. The number of anilines is 1. The summed E-state index contributed by atoms with van der Waals surface area (Å²) in [5.74, 6) is -0.00662. The fraction of sp³-hybridized carbons (Fsp3) is 0.667. The molecule has 0 aromatic carbocycles. The number of carbonyl (C=O) groups excluding carboxylic acids is 2. The van der Waals surface area contributed by atoms with Crippen molar-refractivity contribution in [2.45, 2.75) is 90.0 Å². The molecule has 1 saturated heterocycles. The van der Waals surface area contributed by atoms with E-state index in [1.165, 1.54) is 32.1 Å². The molecule has 0 amide bonds. The first-order valence-corrected chi connectivity index (χ1v) is 15.3. The second kappa shape index (κ2) is 14.8. The molecule has 0 saturated carbocycles. The first kappa shape index (κ1) is 32.5. The Bertz CT molecular complexity index is 1230. The number of nitrogens with zero attached hydrogens (tertiary/aromatic N) is 5. The van der Waals surface area contributed by atoms with Crippen LogP contribution in [0.15, 0.2) is 18.2 Å². The average molecular weight is 599 g/mol. The number of rotatable bonds is 15. The monoisotopic (exact) mass is 598 g/mol. The third kappa shape index (κ3) is 8.27. The molecule has 228 valence electrons. The number of nitrogens with two attached hydrogens (primary N) is 1. The van der Waals surface area contributed by atoms with Crippen molar-refractivity contribution >= 4 is 36.4 Å². The van der Waals surface area contributed by atoms with E-state index in [1.807, 2.05) is 13.8 Å². The van der Waals surface area contributed by atoms with E-state index in [9.17, 15) is 24.4 Å². The van der Waals surface area contributed by atoms with Crippen molar-refractivity contribution in [2.24, 2.45) is 0 Å². The number of aliphatic hydroxyl groups is 2. The molecule has 6 N–H and O–H groups in total. The van der Waals surface area contributed by atoms with Gasteiger partial charge in [0, 0.05) is 5.82 Å². The van der Waals surface area contributed by atoms with Crippen molar-refractivity contribution in [2.75, 3.05) is 18.9 Å². The summed E-state index contributed by atoms with van der Waals surface area (Å²) in [7, 11) is -3.87. The third-order valence-electron chi connectivity index (χ3n) is 6.25. The Balaban J connectivity index is 1.80. The van der Waals surface area contributed by atoms with E-state index in [-0.39, 0.29) is 30.2 Å². The van der Waals surface area contributed by atoms with E-state index in [4.69, 9.17) is 19.9 Å². The van der Waals surface area contributed by atoms with E-state index in [1.54, 1.807) is 0 Å². The number of aliphatic hydroxyl groups excluding tert-OH is 2. The van der Waals surface area contributed by atoms with Gasteiger partial charge in [-0.2, -0.15) is 4.68 Å². The van der Waals surface area contributed by atoms with Crippen LogP contribution in [0.4, 0.5) is 5.82 Å². The van der Waals surface area contributed by atoms with Crippen molar-refractivity contribution in [3.05, 3.63) is 18.2 Å². The van der Waals surface area contributed by atoms with Gasteiger partial charge in [-0.25, -0.2) is 20.1 Å². The van der Waals surface area contributed by atoms with Crippen molar-refractivity contribution in [1.29, 1.82) is 0 Å². The first-order chi connectivity index (χ1) is 19.5. The molecule has 17 heteroatoms. The average Bonchev–Trinajstić information content (AvgIpc) is 3.49. The normalized spacial score (nSPS) is 23.9. The number of hydrogen-bond donors (Lipinski definition) is 5. The summed E-state index contributed by atoms with van der Waals surface area (Å²) in [4.78, 5) is 32.9.